The Balaban J connectivity index is 2.20. The molecule has 0 radical (unpaired) electrons. The first kappa shape index (κ1) is 11.0. The molecule has 0 aromatic heterocycles. The normalized spacial score (nSPS) is 20.1. The SMILES string of the molecule is Cc1ccc(C)c(N2CCC(C(N)=O)C2)c1. The predicted molar refractivity (Wildman–Crippen MR) is 65.4 cm³/mol. The van der Waals surface area contributed by atoms with Crippen molar-refractivity contribution in [2.24, 2.45) is 11.7 Å². The first-order chi connectivity index (χ1) is 7.58. The van der Waals surface area contributed by atoms with Crippen molar-refractivity contribution in [1.29, 1.82) is 0 Å². The molecule has 2 rings (SSSR count). The van der Waals surface area contributed by atoms with Crippen molar-refractivity contribution in [1.82, 2.24) is 0 Å². The molecule has 2 N–H and O–H groups in total. The van der Waals surface area contributed by atoms with Crippen LogP contribution in [0, 0.1) is 19.8 Å². The molecular formula is C13H18N2O. The quantitative estimate of drug-likeness (QED) is 0.819. The van der Waals surface area contributed by atoms with Gasteiger partial charge in [0.25, 0.3) is 0 Å². The summed E-state index contributed by atoms with van der Waals surface area (Å²) in [6.07, 6.45) is 0.878. The number of carbonyl (C=O) groups excluding carboxylic acids is 1. The zero-order valence-electron chi connectivity index (χ0n) is 9.86. The number of aryl methyl sites for hydroxylation is 2. The average Bonchev–Trinajstić information content (AvgIpc) is 2.70. The Morgan fingerprint density at radius 1 is 1.44 bits per heavy atom. The van der Waals surface area contributed by atoms with Crippen molar-refractivity contribution in [2.45, 2.75) is 20.3 Å². The van der Waals surface area contributed by atoms with Crippen molar-refractivity contribution < 1.29 is 4.79 Å². The summed E-state index contributed by atoms with van der Waals surface area (Å²) in [5.41, 5.74) is 9.09. The number of nitrogens with zero attached hydrogens (tertiary/aromatic N) is 1. The van der Waals surface area contributed by atoms with Crippen molar-refractivity contribution in [3.05, 3.63) is 29.3 Å². The lowest BCUT2D eigenvalue weighted by Crippen LogP contribution is -2.27. The Morgan fingerprint density at radius 3 is 2.81 bits per heavy atom. The molecule has 3 heteroatoms. The van der Waals surface area contributed by atoms with Crippen LogP contribution in [0.25, 0.3) is 0 Å². The number of hydrogen-bond donors (Lipinski definition) is 1. The molecule has 1 aliphatic heterocycles. The highest BCUT2D eigenvalue weighted by Crippen LogP contribution is 2.27. The van der Waals surface area contributed by atoms with E-state index in [2.05, 4.69) is 36.9 Å². The molecule has 86 valence electrons. The van der Waals surface area contributed by atoms with Crippen LogP contribution in [-0.2, 0) is 4.79 Å². The number of benzene rings is 1. The topological polar surface area (TPSA) is 46.3 Å². The molecule has 1 aromatic rings. The van der Waals surface area contributed by atoms with E-state index in [4.69, 9.17) is 5.73 Å². The van der Waals surface area contributed by atoms with Crippen LogP contribution in [0.2, 0.25) is 0 Å². The molecule has 0 bridgehead atoms. The van der Waals surface area contributed by atoms with E-state index in [0.717, 1.165) is 19.5 Å². The number of anilines is 1. The fourth-order valence-corrected chi connectivity index (χ4v) is 2.27. The van der Waals surface area contributed by atoms with Crippen LogP contribution in [-0.4, -0.2) is 19.0 Å². The summed E-state index contributed by atoms with van der Waals surface area (Å²) in [5, 5.41) is 0. The molecule has 1 amide bonds. The van der Waals surface area contributed by atoms with Crippen LogP contribution < -0.4 is 10.6 Å². The number of nitrogens with two attached hydrogens (primary N) is 1. The molecule has 16 heavy (non-hydrogen) atoms. The van der Waals surface area contributed by atoms with Crippen LogP contribution in [0.15, 0.2) is 18.2 Å². The standard InChI is InChI=1S/C13H18N2O/c1-9-3-4-10(2)12(7-9)15-6-5-11(8-15)13(14)16/h3-4,7,11H,5-6,8H2,1-2H3,(H2,14,16). The second-order valence-electron chi connectivity index (χ2n) is 4.62. The molecule has 0 saturated carbocycles. The van der Waals surface area contributed by atoms with Crippen LogP contribution in [0.5, 0.6) is 0 Å². The largest absolute Gasteiger partial charge is 0.370 e. The van der Waals surface area contributed by atoms with Crippen molar-refractivity contribution >= 4 is 11.6 Å². The van der Waals surface area contributed by atoms with Crippen molar-refractivity contribution in [3.8, 4) is 0 Å². The Morgan fingerprint density at radius 2 is 2.19 bits per heavy atom. The summed E-state index contributed by atoms with van der Waals surface area (Å²) in [6, 6.07) is 6.42. The van der Waals surface area contributed by atoms with E-state index in [9.17, 15) is 4.79 Å². The minimum absolute atomic E-state index is 0.0138. The predicted octanol–water partition coefficient (Wildman–Crippen LogP) is 1.62. The highest BCUT2D eigenvalue weighted by atomic mass is 16.1. The van der Waals surface area contributed by atoms with Gasteiger partial charge in [0.2, 0.25) is 5.91 Å². The number of carbonyl (C=O) groups is 1. The summed E-state index contributed by atoms with van der Waals surface area (Å²) >= 11 is 0. The summed E-state index contributed by atoms with van der Waals surface area (Å²) in [7, 11) is 0. The van der Waals surface area contributed by atoms with E-state index in [-0.39, 0.29) is 11.8 Å². The summed E-state index contributed by atoms with van der Waals surface area (Å²) in [4.78, 5) is 13.4. The van der Waals surface area contributed by atoms with E-state index >= 15 is 0 Å². The highest BCUT2D eigenvalue weighted by Gasteiger charge is 2.27. The van der Waals surface area contributed by atoms with Crippen LogP contribution in [0.4, 0.5) is 5.69 Å². The third kappa shape index (κ3) is 2.03. The Labute approximate surface area is 96.2 Å². The fraction of sp³-hybridized carbons (Fsp3) is 0.462. The van der Waals surface area contributed by atoms with E-state index < -0.39 is 0 Å². The van der Waals surface area contributed by atoms with Crippen LogP contribution in [0.3, 0.4) is 0 Å². The molecule has 1 aromatic carbocycles. The maximum atomic E-state index is 11.1. The molecular weight excluding hydrogens is 200 g/mol. The summed E-state index contributed by atoms with van der Waals surface area (Å²) in [5.74, 6) is -0.160. The van der Waals surface area contributed by atoms with Crippen molar-refractivity contribution in [2.75, 3.05) is 18.0 Å². The molecule has 0 aliphatic carbocycles. The van der Waals surface area contributed by atoms with E-state index in [0.29, 0.717) is 0 Å². The Bertz CT molecular complexity index is 414. The van der Waals surface area contributed by atoms with Gasteiger partial charge < -0.3 is 10.6 Å². The zero-order valence-corrected chi connectivity index (χ0v) is 9.86. The number of rotatable bonds is 2. The van der Waals surface area contributed by atoms with Gasteiger partial charge in [0.05, 0.1) is 5.92 Å². The molecule has 1 fully saturated rings. The molecule has 1 unspecified atom stereocenters. The van der Waals surface area contributed by atoms with E-state index in [1.54, 1.807) is 0 Å². The molecule has 1 saturated heterocycles. The maximum Gasteiger partial charge on any atom is 0.222 e. The monoisotopic (exact) mass is 218 g/mol. The van der Waals surface area contributed by atoms with Gasteiger partial charge in [-0.05, 0) is 37.5 Å². The minimum atomic E-state index is -0.173. The van der Waals surface area contributed by atoms with Crippen molar-refractivity contribution in [3.63, 3.8) is 0 Å². The second-order valence-corrected chi connectivity index (χ2v) is 4.62. The lowest BCUT2D eigenvalue weighted by molar-refractivity contribution is -0.121. The molecule has 1 heterocycles. The average molecular weight is 218 g/mol. The third-order valence-electron chi connectivity index (χ3n) is 3.30. The van der Waals surface area contributed by atoms with Gasteiger partial charge in [-0.25, -0.2) is 0 Å². The van der Waals surface area contributed by atoms with Gasteiger partial charge in [0.1, 0.15) is 0 Å². The number of hydrogen-bond acceptors (Lipinski definition) is 2. The zero-order chi connectivity index (χ0) is 11.7. The lowest BCUT2D eigenvalue weighted by atomic mass is 10.1. The first-order valence-electron chi connectivity index (χ1n) is 5.69. The molecule has 0 spiro atoms. The number of amides is 1. The van der Waals surface area contributed by atoms with Gasteiger partial charge in [-0.3, -0.25) is 4.79 Å². The Hall–Kier alpha value is -1.51. The molecule has 1 aliphatic rings. The molecule has 1 atom stereocenters. The van der Waals surface area contributed by atoms with E-state index in [1.165, 1.54) is 16.8 Å². The van der Waals surface area contributed by atoms with Gasteiger partial charge in [-0.2, -0.15) is 0 Å². The second kappa shape index (κ2) is 4.16. The van der Waals surface area contributed by atoms with Crippen LogP contribution >= 0.6 is 0 Å². The van der Waals surface area contributed by atoms with E-state index in [1.807, 2.05) is 0 Å². The maximum absolute atomic E-state index is 11.1. The van der Waals surface area contributed by atoms with Gasteiger partial charge in [0, 0.05) is 18.8 Å². The smallest absolute Gasteiger partial charge is 0.222 e. The summed E-state index contributed by atoms with van der Waals surface area (Å²) < 4.78 is 0. The number of primary amides is 1. The fourth-order valence-electron chi connectivity index (χ4n) is 2.27. The first-order valence-corrected chi connectivity index (χ1v) is 5.69. The van der Waals surface area contributed by atoms with Gasteiger partial charge in [0.15, 0.2) is 0 Å². The van der Waals surface area contributed by atoms with Gasteiger partial charge in [-0.1, -0.05) is 12.1 Å². The third-order valence-corrected chi connectivity index (χ3v) is 3.30. The molecule has 3 nitrogen and oxygen atoms in total. The van der Waals surface area contributed by atoms with Crippen LogP contribution in [0.1, 0.15) is 17.5 Å². The highest BCUT2D eigenvalue weighted by molar-refractivity contribution is 5.78. The van der Waals surface area contributed by atoms with Gasteiger partial charge >= 0.3 is 0 Å². The summed E-state index contributed by atoms with van der Waals surface area (Å²) in [6.45, 7) is 5.88. The van der Waals surface area contributed by atoms with Gasteiger partial charge in [-0.15, -0.1) is 0 Å². The lowest BCUT2D eigenvalue weighted by Gasteiger charge is -2.21. The minimum Gasteiger partial charge on any atom is -0.370 e. The Kier molecular flexibility index (Phi) is 2.86.